The van der Waals surface area contributed by atoms with Gasteiger partial charge in [0, 0.05) is 12.3 Å². The number of rotatable bonds is 15. The maximum Gasteiger partial charge on any atom is 0.305 e. The molecule has 1 aliphatic rings. The molecule has 1 aliphatic carbocycles. The van der Waals surface area contributed by atoms with E-state index in [1.807, 2.05) is 13.0 Å². The second kappa shape index (κ2) is 14.0. The molecule has 1 N–H and O–H groups in total. The highest BCUT2D eigenvalue weighted by Gasteiger charge is 2.29. The lowest BCUT2D eigenvalue weighted by atomic mass is 9.85. The van der Waals surface area contributed by atoms with Gasteiger partial charge in [0.1, 0.15) is 0 Å². The molecule has 4 heteroatoms. The van der Waals surface area contributed by atoms with E-state index < -0.39 is 0 Å². The van der Waals surface area contributed by atoms with Crippen molar-refractivity contribution in [3.8, 4) is 0 Å². The van der Waals surface area contributed by atoms with Crippen LogP contribution in [0, 0.1) is 11.8 Å². The quantitative estimate of drug-likeness (QED) is 0.328. The second-order valence-corrected chi connectivity index (χ2v) is 7.52. The van der Waals surface area contributed by atoms with E-state index in [4.69, 9.17) is 4.74 Å². The molecule has 26 heavy (non-hydrogen) atoms. The van der Waals surface area contributed by atoms with Crippen molar-refractivity contribution in [2.45, 2.75) is 97.0 Å². The highest BCUT2D eigenvalue weighted by molar-refractivity contribution is 5.94. The molecule has 1 unspecified atom stereocenters. The number of hydrogen-bond donors (Lipinski definition) is 1. The van der Waals surface area contributed by atoms with Crippen LogP contribution in [0.25, 0.3) is 0 Å². The first-order valence-corrected chi connectivity index (χ1v) is 10.6. The Balaban J connectivity index is 2.17. The normalized spacial score (nSPS) is 20.5. The number of unbranched alkanes of at least 4 members (excludes halogenated alkanes) is 5. The molecule has 0 amide bonds. The Hall–Kier alpha value is -1.16. The zero-order chi connectivity index (χ0) is 19.2. The summed E-state index contributed by atoms with van der Waals surface area (Å²) in [5.41, 5.74) is 0. The Kier molecular flexibility index (Phi) is 12.3. The fraction of sp³-hybridized carbons (Fsp3) is 0.818. The van der Waals surface area contributed by atoms with Gasteiger partial charge >= 0.3 is 5.97 Å². The molecule has 0 aliphatic heterocycles. The van der Waals surface area contributed by atoms with Crippen LogP contribution in [0.5, 0.6) is 0 Å². The van der Waals surface area contributed by atoms with Crippen molar-refractivity contribution in [3.63, 3.8) is 0 Å². The van der Waals surface area contributed by atoms with E-state index >= 15 is 0 Å². The molecule has 0 aromatic carbocycles. The summed E-state index contributed by atoms with van der Waals surface area (Å²) in [7, 11) is 0. The van der Waals surface area contributed by atoms with Gasteiger partial charge in [-0.05, 0) is 51.0 Å². The Bertz CT molecular complexity index is 430. The third-order valence-corrected chi connectivity index (χ3v) is 5.32. The van der Waals surface area contributed by atoms with Crippen LogP contribution in [0.4, 0.5) is 0 Å². The molecule has 0 heterocycles. The largest absolute Gasteiger partial charge is 0.466 e. The summed E-state index contributed by atoms with van der Waals surface area (Å²) >= 11 is 0. The third kappa shape index (κ3) is 9.51. The Morgan fingerprint density at radius 3 is 2.58 bits per heavy atom. The average Bonchev–Trinajstić information content (AvgIpc) is 2.96. The molecule has 0 saturated heterocycles. The summed E-state index contributed by atoms with van der Waals surface area (Å²) in [6.45, 7) is 4.44. The lowest BCUT2D eigenvalue weighted by Gasteiger charge is -2.19. The first-order valence-electron chi connectivity index (χ1n) is 10.6. The number of esters is 1. The van der Waals surface area contributed by atoms with Crippen molar-refractivity contribution >= 4 is 11.8 Å². The van der Waals surface area contributed by atoms with Crippen LogP contribution < -0.4 is 0 Å². The number of carbonyl (C=O) groups is 2. The molecule has 4 nitrogen and oxygen atoms in total. The van der Waals surface area contributed by atoms with Gasteiger partial charge in [-0.25, -0.2) is 0 Å². The van der Waals surface area contributed by atoms with Crippen molar-refractivity contribution < 1.29 is 19.4 Å². The molecule has 0 aromatic heterocycles. The number of carbonyl (C=O) groups excluding carboxylic acids is 2. The molecule has 0 bridgehead atoms. The van der Waals surface area contributed by atoms with Crippen LogP contribution in [0.1, 0.15) is 90.9 Å². The number of allylic oxidation sites excluding steroid dienone is 2. The zero-order valence-electron chi connectivity index (χ0n) is 16.8. The van der Waals surface area contributed by atoms with Gasteiger partial charge in [0.15, 0.2) is 5.78 Å². The smallest absolute Gasteiger partial charge is 0.305 e. The number of aliphatic hydroxyl groups excluding tert-OH is 1. The topological polar surface area (TPSA) is 63.6 Å². The summed E-state index contributed by atoms with van der Waals surface area (Å²) in [6.07, 6.45) is 14.9. The molecule has 0 aromatic rings. The van der Waals surface area contributed by atoms with E-state index in [0.717, 1.165) is 57.8 Å². The van der Waals surface area contributed by atoms with E-state index in [-0.39, 0.29) is 23.8 Å². The lowest BCUT2D eigenvalue weighted by Crippen LogP contribution is -2.18. The van der Waals surface area contributed by atoms with Crippen LogP contribution in [0.15, 0.2) is 12.2 Å². The zero-order valence-corrected chi connectivity index (χ0v) is 16.8. The Labute approximate surface area is 159 Å². The van der Waals surface area contributed by atoms with E-state index in [0.29, 0.717) is 18.9 Å². The van der Waals surface area contributed by atoms with Crippen LogP contribution in [-0.4, -0.2) is 29.6 Å². The summed E-state index contributed by atoms with van der Waals surface area (Å²) in [6, 6.07) is 0. The number of ether oxygens (including phenoxy) is 1. The first kappa shape index (κ1) is 22.9. The Morgan fingerprint density at radius 2 is 1.85 bits per heavy atom. The summed E-state index contributed by atoms with van der Waals surface area (Å²) < 4.78 is 4.92. The van der Waals surface area contributed by atoms with Gasteiger partial charge in [0.2, 0.25) is 0 Å². The molecular formula is C22H38O4. The maximum absolute atomic E-state index is 12.1. The minimum Gasteiger partial charge on any atom is -0.466 e. The molecule has 0 saturated carbocycles. The van der Waals surface area contributed by atoms with Crippen molar-refractivity contribution in [1.82, 2.24) is 0 Å². The van der Waals surface area contributed by atoms with Crippen molar-refractivity contribution in [2.24, 2.45) is 11.8 Å². The van der Waals surface area contributed by atoms with Crippen LogP contribution in [0.3, 0.4) is 0 Å². The number of ketones is 1. The van der Waals surface area contributed by atoms with E-state index in [2.05, 4.69) is 6.92 Å². The Morgan fingerprint density at radius 1 is 1.08 bits per heavy atom. The van der Waals surface area contributed by atoms with Crippen LogP contribution >= 0.6 is 0 Å². The molecule has 150 valence electrons. The van der Waals surface area contributed by atoms with Gasteiger partial charge in [-0.2, -0.15) is 0 Å². The van der Waals surface area contributed by atoms with Gasteiger partial charge in [-0.15, -0.1) is 0 Å². The molecule has 0 fully saturated rings. The summed E-state index contributed by atoms with van der Waals surface area (Å²) in [4.78, 5) is 23.4. The number of hydrogen-bond acceptors (Lipinski definition) is 4. The van der Waals surface area contributed by atoms with Gasteiger partial charge < -0.3 is 9.84 Å². The fourth-order valence-corrected chi connectivity index (χ4v) is 3.72. The SMILES string of the molecule is CCCCCC(O)CC[C@H]1C=CC(=O)[C@H]1CCCCCCC(=O)OCC. The van der Waals surface area contributed by atoms with Crippen molar-refractivity contribution in [1.29, 1.82) is 0 Å². The molecular weight excluding hydrogens is 328 g/mol. The van der Waals surface area contributed by atoms with Gasteiger partial charge in [-0.3, -0.25) is 9.59 Å². The van der Waals surface area contributed by atoms with Crippen LogP contribution in [-0.2, 0) is 14.3 Å². The summed E-state index contributed by atoms with van der Waals surface area (Å²) in [5, 5.41) is 10.1. The predicted octanol–water partition coefficient (Wildman–Crippen LogP) is 4.98. The maximum atomic E-state index is 12.1. The molecule has 0 spiro atoms. The van der Waals surface area contributed by atoms with Gasteiger partial charge in [0.05, 0.1) is 12.7 Å². The van der Waals surface area contributed by atoms with Gasteiger partial charge in [-0.1, -0.05) is 51.5 Å². The van der Waals surface area contributed by atoms with Gasteiger partial charge in [0.25, 0.3) is 0 Å². The van der Waals surface area contributed by atoms with E-state index in [1.54, 1.807) is 6.08 Å². The highest BCUT2D eigenvalue weighted by Crippen LogP contribution is 2.31. The van der Waals surface area contributed by atoms with Crippen LogP contribution in [0.2, 0.25) is 0 Å². The highest BCUT2D eigenvalue weighted by atomic mass is 16.5. The average molecular weight is 367 g/mol. The monoisotopic (exact) mass is 366 g/mol. The molecule has 3 atom stereocenters. The summed E-state index contributed by atoms with van der Waals surface area (Å²) in [5.74, 6) is 0.535. The minimum atomic E-state index is -0.228. The predicted molar refractivity (Wildman–Crippen MR) is 105 cm³/mol. The standard InChI is InChI=1S/C22H38O4/c1-3-5-8-11-19(23)16-14-18-15-17-21(24)20(18)12-9-6-7-10-13-22(25)26-4-2/h15,17-20,23H,3-14,16H2,1-2H3/t18-,19?,20-/m0/s1. The van der Waals surface area contributed by atoms with E-state index in [9.17, 15) is 14.7 Å². The lowest BCUT2D eigenvalue weighted by molar-refractivity contribution is -0.143. The van der Waals surface area contributed by atoms with Crippen molar-refractivity contribution in [3.05, 3.63) is 12.2 Å². The fourth-order valence-electron chi connectivity index (χ4n) is 3.72. The third-order valence-electron chi connectivity index (χ3n) is 5.32. The minimum absolute atomic E-state index is 0.0999. The van der Waals surface area contributed by atoms with E-state index in [1.165, 1.54) is 12.8 Å². The second-order valence-electron chi connectivity index (χ2n) is 7.52. The molecule has 1 rings (SSSR count). The van der Waals surface area contributed by atoms with Crippen molar-refractivity contribution in [2.75, 3.05) is 6.61 Å². The first-order chi connectivity index (χ1) is 12.6. The number of aliphatic hydroxyl groups is 1. The molecule has 0 radical (unpaired) electrons.